The fourth-order valence-corrected chi connectivity index (χ4v) is 3.07. The molecular formula is C17H23N3O5. The normalized spacial score (nSPS) is 20.1. The van der Waals surface area contributed by atoms with E-state index < -0.39 is 16.8 Å². The first-order valence-corrected chi connectivity index (χ1v) is 8.35. The molecule has 0 saturated carbocycles. The minimum absolute atomic E-state index is 0.0247. The number of hydrogen-bond donors (Lipinski definition) is 2. The summed E-state index contributed by atoms with van der Waals surface area (Å²) in [5.74, 6) is -1.16. The minimum Gasteiger partial charge on any atom is -0.481 e. The third-order valence-corrected chi connectivity index (χ3v) is 4.34. The fourth-order valence-electron chi connectivity index (χ4n) is 3.07. The molecule has 0 spiro atoms. The number of nitro groups is 1. The van der Waals surface area contributed by atoms with Crippen molar-refractivity contribution in [3.8, 4) is 0 Å². The van der Waals surface area contributed by atoms with Crippen molar-refractivity contribution in [1.82, 2.24) is 4.90 Å². The highest BCUT2D eigenvalue weighted by molar-refractivity contribution is 5.78. The molecule has 0 aromatic heterocycles. The Balaban J connectivity index is 1.74. The first-order valence-electron chi connectivity index (χ1n) is 8.35. The highest BCUT2D eigenvalue weighted by Gasteiger charge is 2.31. The number of carboxylic acids is 1. The molecule has 1 aromatic carbocycles. The molecule has 0 aliphatic carbocycles. The zero-order valence-electron chi connectivity index (χ0n) is 14.2. The number of nitro benzene ring substituents is 1. The van der Waals surface area contributed by atoms with E-state index in [9.17, 15) is 19.7 Å². The maximum absolute atomic E-state index is 12.3. The monoisotopic (exact) mass is 349 g/mol. The Morgan fingerprint density at radius 2 is 2.00 bits per heavy atom. The molecule has 1 fully saturated rings. The van der Waals surface area contributed by atoms with Crippen LogP contribution in [0.5, 0.6) is 0 Å². The van der Waals surface area contributed by atoms with E-state index in [1.165, 1.54) is 12.1 Å². The average Bonchev–Trinajstić information content (AvgIpc) is 2.58. The summed E-state index contributed by atoms with van der Waals surface area (Å²) in [5, 5.41) is 22.9. The Bertz CT molecular complexity index is 632. The Morgan fingerprint density at radius 3 is 2.60 bits per heavy atom. The SMILES string of the molecule is CC1CC(C(=O)O)CN(C(=O)CCCNc2ccc([N+](=O)[O-])cc2)C1. The topological polar surface area (TPSA) is 113 Å². The van der Waals surface area contributed by atoms with Crippen LogP contribution in [0.2, 0.25) is 0 Å². The van der Waals surface area contributed by atoms with Gasteiger partial charge >= 0.3 is 5.97 Å². The van der Waals surface area contributed by atoms with Crippen molar-refractivity contribution >= 4 is 23.3 Å². The summed E-state index contributed by atoms with van der Waals surface area (Å²) < 4.78 is 0. The average molecular weight is 349 g/mol. The molecule has 2 rings (SSSR count). The van der Waals surface area contributed by atoms with Crippen molar-refractivity contribution in [2.24, 2.45) is 11.8 Å². The molecule has 1 aromatic rings. The van der Waals surface area contributed by atoms with Gasteiger partial charge in [-0.1, -0.05) is 6.92 Å². The van der Waals surface area contributed by atoms with Crippen LogP contribution < -0.4 is 5.32 Å². The van der Waals surface area contributed by atoms with Gasteiger partial charge in [-0.05, 0) is 30.9 Å². The summed E-state index contributed by atoms with van der Waals surface area (Å²) in [6.07, 6.45) is 1.57. The third-order valence-electron chi connectivity index (χ3n) is 4.34. The predicted molar refractivity (Wildman–Crippen MR) is 92.3 cm³/mol. The molecule has 0 bridgehead atoms. The molecule has 1 saturated heterocycles. The van der Waals surface area contributed by atoms with Crippen molar-refractivity contribution in [3.05, 3.63) is 34.4 Å². The van der Waals surface area contributed by atoms with Crippen molar-refractivity contribution in [3.63, 3.8) is 0 Å². The van der Waals surface area contributed by atoms with Gasteiger partial charge in [0.25, 0.3) is 5.69 Å². The van der Waals surface area contributed by atoms with Gasteiger partial charge in [0.1, 0.15) is 0 Å². The smallest absolute Gasteiger partial charge is 0.308 e. The number of nitrogens with zero attached hydrogens (tertiary/aromatic N) is 2. The second-order valence-electron chi connectivity index (χ2n) is 6.51. The molecule has 8 nitrogen and oxygen atoms in total. The summed E-state index contributed by atoms with van der Waals surface area (Å²) >= 11 is 0. The second-order valence-corrected chi connectivity index (χ2v) is 6.51. The fraction of sp³-hybridized carbons (Fsp3) is 0.529. The van der Waals surface area contributed by atoms with Crippen molar-refractivity contribution < 1.29 is 19.6 Å². The number of rotatable bonds is 7. The quantitative estimate of drug-likeness (QED) is 0.444. The minimum atomic E-state index is -0.843. The molecule has 0 radical (unpaired) electrons. The largest absolute Gasteiger partial charge is 0.481 e. The van der Waals surface area contributed by atoms with E-state index >= 15 is 0 Å². The number of carbonyl (C=O) groups is 2. The summed E-state index contributed by atoms with van der Waals surface area (Å²) in [4.78, 5) is 35.2. The van der Waals surface area contributed by atoms with E-state index in [1.54, 1.807) is 17.0 Å². The second kappa shape index (κ2) is 8.46. The van der Waals surface area contributed by atoms with Gasteiger partial charge in [-0.15, -0.1) is 0 Å². The maximum atomic E-state index is 12.3. The zero-order valence-corrected chi connectivity index (χ0v) is 14.2. The summed E-state index contributed by atoms with van der Waals surface area (Å²) in [6, 6.07) is 6.11. The lowest BCUT2D eigenvalue weighted by Gasteiger charge is -2.34. The molecule has 1 amide bonds. The van der Waals surface area contributed by atoms with Crippen LogP contribution in [-0.2, 0) is 9.59 Å². The first-order chi connectivity index (χ1) is 11.9. The van der Waals surface area contributed by atoms with Crippen LogP contribution in [-0.4, -0.2) is 46.4 Å². The van der Waals surface area contributed by atoms with E-state index in [4.69, 9.17) is 5.11 Å². The number of nitrogens with one attached hydrogen (secondary N) is 1. The Labute approximate surface area is 146 Å². The Hall–Kier alpha value is -2.64. The number of anilines is 1. The van der Waals surface area contributed by atoms with Gasteiger partial charge < -0.3 is 15.3 Å². The highest BCUT2D eigenvalue weighted by atomic mass is 16.6. The lowest BCUT2D eigenvalue weighted by molar-refractivity contribution is -0.384. The van der Waals surface area contributed by atoms with Crippen LogP contribution in [0.1, 0.15) is 26.2 Å². The molecule has 8 heteroatoms. The van der Waals surface area contributed by atoms with E-state index in [0.717, 1.165) is 5.69 Å². The molecule has 1 heterocycles. The van der Waals surface area contributed by atoms with Gasteiger partial charge in [0.05, 0.1) is 10.8 Å². The summed E-state index contributed by atoms with van der Waals surface area (Å²) in [6.45, 7) is 3.42. The van der Waals surface area contributed by atoms with Gasteiger partial charge in [-0.2, -0.15) is 0 Å². The molecule has 25 heavy (non-hydrogen) atoms. The summed E-state index contributed by atoms with van der Waals surface area (Å²) in [7, 11) is 0. The highest BCUT2D eigenvalue weighted by Crippen LogP contribution is 2.22. The van der Waals surface area contributed by atoms with Crippen molar-refractivity contribution in [2.45, 2.75) is 26.2 Å². The number of hydrogen-bond acceptors (Lipinski definition) is 5. The van der Waals surface area contributed by atoms with Gasteiger partial charge in [-0.25, -0.2) is 0 Å². The Kier molecular flexibility index (Phi) is 6.32. The zero-order chi connectivity index (χ0) is 18.4. The van der Waals surface area contributed by atoms with Gasteiger partial charge in [0, 0.05) is 43.9 Å². The summed E-state index contributed by atoms with van der Waals surface area (Å²) in [5.41, 5.74) is 0.795. The van der Waals surface area contributed by atoms with Crippen LogP contribution >= 0.6 is 0 Å². The number of non-ortho nitro benzene ring substituents is 1. The van der Waals surface area contributed by atoms with Gasteiger partial charge in [0.2, 0.25) is 5.91 Å². The molecular weight excluding hydrogens is 326 g/mol. The molecule has 1 aliphatic rings. The van der Waals surface area contributed by atoms with Crippen LogP contribution in [0.3, 0.4) is 0 Å². The third kappa shape index (κ3) is 5.44. The number of piperidine rings is 1. The van der Waals surface area contributed by atoms with E-state index in [-0.39, 0.29) is 24.1 Å². The predicted octanol–water partition coefficient (Wildman–Crippen LogP) is 2.36. The molecule has 136 valence electrons. The van der Waals surface area contributed by atoms with Gasteiger partial charge in [-0.3, -0.25) is 19.7 Å². The lowest BCUT2D eigenvalue weighted by atomic mass is 9.90. The number of likely N-dealkylation sites (tertiary alicyclic amines) is 1. The maximum Gasteiger partial charge on any atom is 0.308 e. The molecule has 2 atom stereocenters. The van der Waals surface area contributed by atoms with E-state index in [0.29, 0.717) is 32.4 Å². The number of aliphatic carboxylic acids is 1. The molecule has 1 aliphatic heterocycles. The standard InChI is InChI=1S/C17H23N3O5/c1-12-9-13(17(22)23)11-19(10-12)16(21)3-2-8-18-14-4-6-15(7-5-14)20(24)25/h4-7,12-13,18H,2-3,8-11H2,1H3,(H,22,23). The molecule has 2 unspecified atom stereocenters. The van der Waals surface area contributed by atoms with E-state index in [2.05, 4.69) is 5.32 Å². The first kappa shape index (κ1) is 18.7. The number of benzene rings is 1. The number of amides is 1. The molecule has 2 N–H and O–H groups in total. The van der Waals surface area contributed by atoms with Crippen molar-refractivity contribution in [1.29, 1.82) is 0 Å². The van der Waals surface area contributed by atoms with Crippen LogP contribution in [0.4, 0.5) is 11.4 Å². The van der Waals surface area contributed by atoms with E-state index in [1.807, 2.05) is 6.92 Å². The van der Waals surface area contributed by atoms with Crippen LogP contribution in [0.25, 0.3) is 0 Å². The van der Waals surface area contributed by atoms with Crippen LogP contribution in [0, 0.1) is 22.0 Å². The van der Waals surface area contributed by atoms with Crippen LogP contribution in [0.15, 0.2) is 24.3 Å². The number of carboxylic acid groups (broad SMARTS) is 1. The van der Waals surface area contributed by atoms with Crippen molar-refractivity contribution in [2.75, 3.05) is 25.0 Å². The lowest BCUT2D eigenvalue weighted by Crippen LogP contribution is -2.45. The number of carbonyl (C=O) groups excluding carboxylic acids is 1. The van der Waals surface area contributed by atoms with Gasteiger partial charge in [0.15, 0.2) is 0 Å². The Morgan fingerprint density at radius 1 is 1.32 bits per heavy atom.